The number of likely N-dealkylation sites (tertiary alicyclic amines) is 1. The van der Waals surface area contributed by atoms with Gasteiger partial charge in [-0.3, -0.25) is 4.79 Å². The van der Waals surface area contributed by atoms with Crippen LogP contribution in [-0.4, -0.2) is 29.4 Å². The lowest BCUT2D eigenvalue weighted by Gasteiger charge is -2.37. The first-order chi connectivity index (χ1) is 6.23. The molecule has 2 aliphatic carbocycles. The molecule has 3 aliphatic rings. The summed E-state index contributed by atoms with van der Waals surface area (Å²) in [5.74, 6) is 0.189. The predicted molar refractivity (Wildman–Crippen MR) is 49.0 cm³/mol. The molecule has 0 aromatic carbocycles. The Bertz CT molecular complexity index is 258. The van der Waals surface area contributed by atoms with Gasteiger partial charge in [-0.15, -0.1) is 0 Å². The SMILES string of the molecule is NC1CN(C2CC23CCCC3)C1=O. The average Bonchev–Trinajstić information content (AvgIpc) is 2.56. The fraction of sp³-hybridized carbons (Fsp3) is 0.900. The Labute approximate surface area is 78.3 Å². The Hall–Kier alpha value is -0.570. The van der Waals surface area contributed by atoms with Crippen LogP contribution >= 0.6 is 0 Å². The monoisotopic (exact) mass is 180 g/mol. The molecule has 1 spiro atoms. The Morgan fingerprint density at radius 2 is 2.08 bits per heavy atom. The van der Waals surface area contributed by atoms with Gasteiger partial charge in [0.1, 0.15) is 6.04 Å². The van der Waals surface area contributed by atoms with Crippen molar-refractivity contribution in [1.82, 2.24) is 4.90 Å². The van der Waals surface area contributed by atoms with E-state index in [4.69, 9.17) is 5.73 Å². The summed E-state index contributed by atoms with van der Waals surface area (Å²) in [6, 6.07) is 0.390. The molecule has 1 amide bonds. The van der Waals surface area contributed by atoms with Crippen molar-refractivity contribution < 1.29 is 4.79 Å². The molecule has 0 bridgehead atoms. The lowest BCUT2D eigenvalue weighted by molar-refractivity contribution is -0.143. The second kappa shape index (κ2) is 2.27. The summed E-state index contributed by atoms with van der Waals surface area (Å²) in [5.41, 5.74) is 6.13. The molecule has 1 saturated heterocycles. The summed E-state index contributed by atoms with van der Waals surface area (Å²) in [5, 5.41) is 0. The van der Waals surface area contributed by atoms with Gasteiger partial charge in [-0.25, -0.2) is 0 Å². The summed E-state index contributed by atoms with van der Waals surface area (Å²) in [6.45, 7) is 0.811. The third-order valence-electron chi connectivity index (χ3n) is 4.12. The molecular weight excluding hydrogens is 164 g/mol. The Kier molecular flexibility index (Phi) is 1.36. The fourth-order valence-electron chi connectivity index (χ4n) is 3.14. The molecule has 0 aromatic heterocycles. The third-order valence-corrected chi connectivity index (χ3v) is 4.12. The maximum atomic E-state index is 11.4. The van der Waals surface area contributed by atoms with Crippen LogP contribution in [0.1, 0.15) is 32.1 Å². The first-order valence-corrected chi connectivity index (χ1v) is 5.29. The van der Waals surface area contributed by atoms with Crippen molar-refractivity contribution in [2.24, 2.45) is 11.1 Å². The highest BCUT2D eigenvalue weighted by Gasteiger charge is 2.61. The first kappa shape index (κ1) is 7.80. The molecule has 2 atom stereocenters. The molecule has 3 rings (SSSR count). The van der Waals surface area contributed by atoms with Gasteiger partial charge in [-0.05, 0) is 24.7 Å². The van der Waals surface area contributed by atoms with Crippen molar-refractivity contribution in [2.45, 2.75) is 44.2 Å². The van der Waals surface area contributed by atoms with Gasteiger partial charge in [0.15, 0.2) is 0 Å². The zero-order chi connectivity index (χ0) is 9.05. The van der Waals surface area contributed by atoms with Crippen LogP contribution in [0.25, 0.3) is 0 Å². The molecule has 0 aromatic rings. The molecule has 3 fully saturated rings. The number of rotatable bonds is 1. The molecule has 3 nitrogen and oxygen atoms in total. The Balaban J connectivity index is 1.67. The molecule has 2 saturated carbocycles. The molecule has 1 heterocycles. The fourth-order valence-corrected chi connectivity index (χ4v) is 3.14. The highest BCUT2D eigenvalue weighted by Crippen LogP contribution is 2.60. The van der Waals surface area contributed by atoms with Crippen molar-refractivity contribution >= 4 is 5.91 Å². The van der Waals surface area contributed by atoms with Gasteiger partial charge in [0.25, 0.3) is 0 Å². The van der Waals surface area contributed by atoms with Crippen LogP contribution in [-0.2, 0) is 4.79 Å². The molecule has 1 aliphatic heterocycles. The van der Waals surface area contributed by atoms with Gasteiger partial charge >= 0.3 is 0 Å². The normalized spacial score (nSPS) is 41.0. The van der Waals surface area contributed by atoms with E-state index in [1.165, 1.54) is 32.1 Å². The lowest BCUT2D eigenvalue weighted by Crippen LogP contribution is -2.62. The van der Waals surface area contributed by atoms with Crippen LogP contribution in [0.4, 0.5) is 0 Å². The minimum atomic E-state index is -0.181. The van der Waals surface area contributed by atoms with Gasteiger partial charge in [0.05, 0.1) is 0 Å². The van der Waals surface area contributed by atoms with Crippen LogP contribution < -0.4 is 5.73 Å². The summed E-state index contributed by atoms with van der Waals surface area (Å²) >= 11 is 0. The topological polar surface area (TPSA) is 46.3 Å². The number of carbonyl (C=O) groups excluding carboxylic acids is 1. The van der Waals surface area contributed by atoms with Gasteiger partial charge < -0.3 is 10.6 Å². The van der Waals surface area contributed by atoms with Crippen LogP contribution in [0.15, 0.2) is 0 Å². The van der Waals surface area contributed by atoms with E-state index in [-0.39, 0.29) is 11.9 Å². The largest absolute Gasteiger partial charge is 0.336 e. The standard InChI is InChI=1S/C10H16N2O/c11-7-6-12(9(7)13)8-5-10(8)3-1-2-4-10/h7-8H,1-6,11H2. The van der Waals surface area contributed by atoms with Crippen molar-refractivity contribution in [3.8, 4) is 0 Å². The predicted octanol–water partition coefficient (Wildman–Crippen LogP) is 0.489. The molecule has 2 unspecified atom stereocenters. The number of nitrogens with zero attached hydrogens (tertiary/aromatic N) is 1. The summed E-state index contributed by atoms with van der Waals surface area (Å²) in [6.07, 6.45) is 6.67. The van der Waals surface area contributed by atoms with Gasteiger partial charge in [-0.1, -0.05) is 12.8 Å². The summed E-state index contributed by atoms with van der Waals surface area (Å²) in [7, 11) is 0. The van der Waals surface area contributed by atoms with Gasteiger partial charge in [0.2, 0.25) is 5.91 Å². The van der Waals surface area contributed by atoms with E-state index in [1.807, 2.05) is 4.90 Å². The molecule has 13 heavy (non-hydrogen) atoms. The lowest BCUT2D eigenvalue weighted by atomic mass is 10.0. The average molecular weight is 180 g/mol. The molecular formula is C10H16N2O. The van der Waals surface area contributed by atoms with Crippen molar-refractivity contribution in [3.05, 3.63) is 0 Å². The van der Waals surface area contributed by atoms with Crippen LogP contribution in [0.3, 0.4) is 0 Å². The first-order valence-electron chi connectivity index (χ1n) is 5.29. The van der Waals surface area contributed by atoms with Gasteiger partial charge in [0, 0.05) is 12.6 Å². The summed E-state index contributed by atoms with van der Waals surface area (Å²) < 4.78 is 0. The maximum absolute atomic E-state index is 11.4. The second-order valence-electron chi connectivity index (χ2n) is 4.89. The van der Waals surface area contributed by atoms with Crippen LogP contribution in [0.5, 0.6) is 0 Å². The van der Waals surface area contributed by atoms with Crippen LogP contribution in [0.2, 0.25) is 0 Å². The van der Waals surface area contributed by atoms with E-state index in [1.54, 1.807) is 0 Å². The number of hydrogen-bond donors (Lipinski definition) is 1. The Morgan fingerprint density at radius 3 is 2.62 bits per heavy atom. The van der Waals surface area contributed by atoms with E-state index >= 15 is 0 Å². The van der Waals surface area contributed by atoms with E-state index in [2.05, 4.69) is 0 Å². The highest BCUT2D eigenvalue weighted by atomic mass is 16.2. The number of amides is 1. The van der Waals surface area contributed by atoms with Crippen molar-refractivity contribution in [2.75, 3.05) is 6.54 Å². The quantitative estimate of drug-likeness (QED) is 0.597. The van der Waals surface area contributed by atoms with Gasteiger partial charge in [-0.2, -0.15) is 0 Å². The van der Waals surface area contributed by atoms with Crippen molar-refractivity contribution in [3.63, 3.8) is 0 Å². The number of β-lactam (4-membered cyclic amide) rings is 1. The molecule has 72 valence electrons. The second-order valence-corrected chi connectivity index (χ2v) is 4.89. The minimum Gasteiger partial charge on any atom is -0.336 e. The van der Waals surface area contributed by atoms with E-state index in [0.717, 1.165) is 6.54 Å². The summed E-state index contributed by atoms with van der Waals surface area (Å²) in [4.78, 5) is 13.4. The van der Waals surface area contributed by atoms with E-state index in [0.29, 0.717) is 11.5 Å². The van der Waals surface area contributed by atoms with Crippen LogP contribution in [0, 0.1) is 5.41 Å². The minimum absolute atomic E-state index is 0.181. The number of nitrogens with two attached hydrogens (primary N) is 1. The molecule has 0 radical (unpaired) electrons. The third kappa shape index (κ3) is 0.909. The van der Waals surface area contributed by atoms with E-state index < -0.39 is 0 Å². The van der Waals surface area contributed by atoms with Crippen molar-refractivity contribution in [1.29, 1.82) is 0 Å². The zero-order valence-electron chi connectivity index (χ0n) is 7.83. The number of carbonyl (C=O) groups is 1. The van der Waals surface area contributed by atoms with E-state index in [9.17, 15) is 4.79 Å². The number of hydrogen-bond acceptors (Lipinski definition) is 2. The highest BCUT2D eigenvalue weighted by molar-refractivity contribution is 5.88. The smallest absolute Gasteiger partial charge is 0.241 e. The maximum Gasteiger partial charge on any atom is 0.241 e. The Morgan fingerprint density at radius 1 is 1.38 bits per heavy atom. The molecule has 2 N–H and O–H groups in total. The molecule has 3 heteroatoms. The zero-order valence-corrected chi connectivity index (χ0v) is 7.83.